The number of ether oxygens (including phenoxy) is 1. The molecule has 0 aromatic rings. The van der Waals surface area contributed by atoms with Crippen molar-refractivity contribution in [3.05, 3.63) is 12.2 Å². The van der Waals surface area contributed by atoms with Crippen LogP contribution in [0.5, 0.6) is 0 Å². The molecule has 0 spiro atoms. The molecular formula is C11H15NO2. The quantitative estimate of drug-likeness (QED) is 0.499. The summed E-state index contributed by atoms with van der Waals surface area (Å²) < 4.78 is 5.20. The minimum atomic E-state index is -0.378. The summed E-state index contributed by atoms with van der Waals surface area (Å²) in [6, 6.07) is 2.19. The summed E-state index contributed by atoms with van der Waals surface area (Å²) in [6.07, 6.45) is 3.51. The van der Waals surface area contributed by atoms with Crippen LogP contribution in [0.15, 0.2) is 12.2 Å². The van der Waals surface area contributed by atoms with E-state index in [-0.39, 0.29) is 18.0 Å². The molecule has 0 N–H and O–H groups in total. The second kappa shape index (κ2) is 4.80. The third kappa shape index (κ3) is 2.59. The van der Waals surface area contributed by atoms with Gasteiger partial charge in [-0.1, -0.05) is 13.0 Å². The maximum atomic E-state index is 11.2. The molecule has 0 bridgehead atoms. The van der Waals surface area contributed by atoms with Crippen molar-refractivity contribution in [2.45, 2.75) is 38.7 Å². The first-order chi connectivity index (χ1) is 6.65. The van der Waals surface area contributed by atoms with E-state index in [0.29, 0.717) is 5.57 Å². The third-order valence-corrected chi connectivity index (χ3v) is 2.48. The zero-order chi connectivity index (χ0) is 10.6. The fourth-order valence-electron chi connectivity index (χ4n) is 1.62. The second-order valence-corrected chi connectivity index (χ2v) is 3.74. The SMILES string of the molecule is C=C(C)C(=O)OC1CCCCC1C#N. The molecule has 0 heterocycles. The second-order valence-electron chi connectivity index (χ2n) is 3.74. The number of hydrogen-bond donors (Lipinski definition) is 0. The van der Waals surface area contributed by atoms with Crippen molar-refractivity contribution in [2.24, 2.45) is 5.92 Å². The highest BCUT2D eigenvalue weighted by molar-refractivity contribution is 5.87. The third-order valence-electron chi connectivity index (χ3n) is 2.48. The highest BCUT2D eigenvalue weighted by atomic mass is 16.5. The molecule has 14 heavy (non-hydrogen) atoms. The number of nitrogens with zero attached hydrogens (tertiary/aromatic N) is 1. The standard InChI is InChI=1S/C11H15NO2/c1-8(2)11(13)14-10-6-4-3-5-9(10)7-12/h9-10H,1,3-6H2,2H3. The molecule has 0 saturated heterocycles. The Balaban J connectivity index is 2.53. The maximum Gasteiger partial charge on any atom is 0.333 e. The fraction of sp³-hybridized carbons (Fsp3) is 0.636. The first-order valence-corrected chi connectivity index (χ1v) is 4.91. The van der Waals surface area contributed by atoms with E-state index in [4.69, 9.17) is 10.00 Å². The van der Waals surface area contributed by atoms with Crippen molar-refractivity contribution in [2.75, 3.05) is 0 Å². The van der Waals surface area contributed by atoms with Crippen molar-refractivity contribution < 1.29 is 9.53 Å². The minimum Gasteiger partial charge on any atom is -0.458 e. The van der Waals surface area contributed by atoms with Crippen molar-refractivity contribution in [3.8, 4) is 6.07 Å². The number of esters is 1. The van der Waals surface area contributed by atoms with Gasteiger partial charge in [-0.2, -0.15) is 5.26 Å². The average Bonchev–Trinajstić information content (AvgIpc) is 2.18. The van der Waals surface area contributed by atoms with Gasteiger partial charge in [-0.15, -0.1) is 0 Å². The molecule has 76 valence electrons. The van der Waals surface area contributed by atoms with Gasteiger partial charge in [0.2, 0.25) is 0 Å². The van der Waals surface area contributed by atoms with Gasteiger partial charge in [-0.25, -0.2) is 4.79 Å². The Hall–Kier alpha value is -1.30. The monoisotopic (exact) mass is 193 g/mol. The van der Waals surface area contributed by atoms with Gasteiger partial charge in [0, 0.05) is 5.57 Å². The molecule has 3 heteroatoms. The summed E-state index contributed by atoms with van der Waals surface area (Å²) in [6.45, 7) is 5.13. The summed E-state index contributed by atoms with van der Waals surface area (Å²) in [5.74, 6) is -0.510. The van der Waals surface area contributed by atoms with Crippen LogP contribution in [0.1, 0.15) is 32.6 Å². The lowest BCUT2D eigenvalue weighted by Crippen LogP contribution is -2.29. The molecule has 2 atom stereocenters. The summed E-state index contributed by atoms with van der Waals surface area (Å²) in [5.41, 5.74) is 0.396. The average molecular weight is 193 g/mol. The van der Waals surface area contributed by atoms with Crippen molar-refractivity contribution in [3.63, 3.8) is 0 Å². The molecule has 1 saturated carbocycles. The first-order valence-electron chi connectivity index (χ1n) is 4.91. The maximum absolute atomic E-state index is 11.2. The molecule has 2 unspecified atom stereocenters. The van der Waals surface area contributed by atoms with Crippen LogP contribution in [0.2, 0.25) is 0 Å². The van der Waals surface area contributed by atoms with E-state index in [9.17, 15) is 4.79 Å². The first kappa shape index (κ1) is 10.8. The Morgan fingerprint density at radius 1 is 1.50 bits per heavy atom. The van der Waals surface area contributed by atoms with Crippen LogP contribution in [0.3, 0.4) is 0 Å². The number of carbonyl (C=O) groups is 1. The van der Waals surface area contributed by atoms with Gasteiger partial charge in [0.25, 0.3) is 0 Å². The van der Waals surface area contributed by atoms with Gasteiger partial charge >= 0.3 is 5.97 Å². The van der Waals surface area contributed by atoms with Crippen LogP contribution < -0.4 is 0 Å². The number of hydrogen-bond acceptors (Lipinski definition) is 3. The number of nitriles is 1. The van der Waals surface area contributed by atoms with E-state index < -0.39 is 0 Å². The molecule has 0 radical (unpaired) electrons. The zero-order valence-corrected chi connectivity index (χ0v) is 8.45. The molecule has 3 nitrogen and oxygen atoms in total. The molecular weight excluding hydrogens is 178 g/mol. The summed E-state index contributed by atoms with van der Waals surface area (Å²) >= 11 is 0. The number of rotatable bonds is 2. The Morgan fingerprint density at radius 2 is 2.14 bits per heavy atom. The smallest absolute Gasteiger partial charge is 0.333 e. The van der Waals surface area contributed by atoms with Crippen LogP contribution in [-0.4, -0.2) is 12.1 Å². The molecule has 1 rings (SSSR count). The Morgan fingerprint density at radius 3 is 2.71 bits per heavy atom. The lowest BCUT2D eigenvalue weighted by molar-refractivity contribution is -0.147. The fourth-order valence-corrected chi connectivity index (χ4v) is 1.62. The zero-order valence-electron chi connectivity index (χ0n) is 8.45. The van der Waals surface area contributed by atoms with Gasteiger partial charge in [-0.05, 0) is 26.2 Å². The van der Waals surface area contributed by atoms with Crippen molar-refractivity contribution in [1.82, 2.24) is 0 Å². The molecule has 0 aromatic carbocycles. The van der Waals surface area contributed by atoms with E-state index in [2.05, 4.69) is 12.6 Å². The molecule has 1 fully saturated rings. The van der Waals surface area contributed by atoms with Crippen LogP contribution in [0.4, 0.5) is 0 Å². The molecule has 0 amide bonds. The van der Waals surface area contributed by atoms with E-state index >= 15 is 0 Å². The highest BCUT2D eigenvalue weighted by Gasteiger charge is 2.28. The van der Waals surface area contributed by atoms with E-state index in [1.807, 2.05) is 0 Å². The molecule has 0 aromatic heterocycles. The van der Waals surface area contributed by atoms with Crippen LogP contribution >= 0.6 is 0 Å². The van der Waals surface area contributed by atoms with Gasteiger partial charge in [0.15, 0.2) is 0 Å². The molecule has 0 aliphatic heterocycles. The molecule has 1 aliphatic rings. The van der Waals surface area contributed by atoms with Gasteiger partial charge < -0.3 is 4.74 Å². The highest BCUT2D eigenvalue weighted by Crippen LogP contribution is 2.26. The minimum absolute atomic E-state index is 0.132. The topological polar surface area (TPSA) is 50.1 Å². The summed E-state index contributed by atoms with van der Waals surface area (Å²) in [5, 5.41) is 8.85. The predicted octanol–water partition coefficient (Wildman–Crippen LogP) is 2.19. The van der Waals surface area contributed by atoms with Gasteiger partial charge in [0.1, 0.15) is 6.10 Å². The van der Waals surface area contributed by atoms with Crippen molar-refractivity contribution in [1.29, 1.82) is 5.26 Å². The van der Waals surface area contributed by atoms with E-state index in [1.165, 1.54) is 0 Å². The van der Waals surface area contributed by atoms with Crippen molar-refractivity contribution >= 4 is 5.97 Å². The van der Waals surface area contributed by atoms with Crippen LogP contribution in [0, 0.1) is 17.2 Å². The predicted molar refractivity (Wildman–Crippen MR) is 52.3 cm³/mol. The lowest BCUT2D eigenvalue weighted by atomic mass is 9.87. The lowest BCUT2D eigenvalue weighted by Gasteiger charge is -2.26. The normalized spacial score (nSPS) is 26.3. The van der Waals surface area contributed by atoms with Gasteiger partial charge in [-0.3, -0.25) is 0 Å². The Labute approximate surface area is 84.4 Å². The Bertz CT molecular complexity index is 278. The van der Waals surface area contributed by atoms with E-state index in [1.54, 1.807) is 6.92 Å². The summed E-state index contributed by atoms with van der Waals surface area (Å²) in [4.78, 5) is 11.2. The summed E-state index contributed by atoms with van der Waals surface area (Å²) in [7, 11) is 0. The molecule has 1 aliphatic carbocycles. The van der Waals surface area contributed by atoms with Gasteiger partial charge in [0.05, 0.1) is 12.0 Å². The largest absolute Gasteiger partial charge is 0.458 e. The van der Waals surface area contributed by atoms with Crippen LogP contribution in [0.25, 0.3) is 0 Å². The van der Waals surface area contributed by atoms with Crippen LogP contribution in [-0.2, 0) is 9.53 Å². The number of carbonyl (C=O) groups excluding carboxylic acids is 1. The Kier molecular flexibility index (Phi) is 3.70. The van der Waals surface area contributed by atoms with E-state index in [0.717, 1.165) is 25.7 Å².